The van der Waals surface area contributed by atoms with Crippen molar-refractivity contribution >= 4 is 18.0 Å². The molecule has 0 amide bonds. The summed E-state index contributed by atoms with van der Waals surface area (Å²) in [5, 5.41) is 2.98. The first-order valence-corrected chi connectivity index (χ1v) is 4.42. The van der Waals surface area contributed by atoms with Crippen LogP contribution in [0.2, 0.25) is 0 Å². The normalized spacial score (nSPS) is 10.2. The van der Waals surface area contributed by atoms with Gasteiger partial charge in [0.2, 0.25) is 5.96 Å². The number of hydrogen-bond acceptors (Lipinski definition) is 3. The summed E-state index contributed by atoms with van der Waals surface area (Å²) < 4.78 is 25.9. The van der Waals surface area contributed by atoms with Crippen LogP contribution < -0.4 is 11.5 Å². The van der Waals surface area contributed by atoms with E-state index in [1.807, 2.05) is 0 Å². The molecule has 0 atom stereocenters. The fraction of sp³-hybridized carbons (Fsp3) is 0. The van der Waals surface area contributed by atoms with Crippen molar-refractivity contribution in [3.05, 3.63) is 41.5 Å². The van der Waals surface area contributed by atoms with E-state index in [0.29, 0.717) is 0 Å². The highest BCUT2D eigenvalue weighted by molar-refractivity contribution is 5.87. The maximum Gasteiger partial charge on any atom is 0.358 e. The maximum atomic E-state index is 13.1. The molecule has 7 heteroatoms. The minimum absolute atomic E-state index is 0.0911. The van der Waals surface area contributed by atoms with Gasteiger partial charge in [-0.2, -0.15) is 0 Å². The second-order valence-corrected chi connectivity index (χ2v) is 2.93. The van der Waals surface area contributed by atoms with Gasteiger partial charge >= 0.3 is 5.97 Å². The van der Waals surface area contributed by atoms with Gasteiger partial charge in [-0.25, -0.2) is 13.6 Å². The molecule has 4 N–H and O–H groups in total. The summed E-state index contributed by atoms with van der Waals surface area (Å²) in [5.74, 6) is -2.63. The van der Waals surface area contributed by atoms with Crippen molar-refractivity contribution in [1.29, 1.82) is 0 Å². The Bertz CT molecular complexity index is 482. The molecule has 0 unspecified atom stereocenters. The van der Waals surface area contributed by atoms with Gasteiger partial charge in [-0.15, -0.1) is 0 Å². The lowest BCUT2D eigenvalue weighted by atomic mass is 10.2. The van der Waals surface area contributed by atoms with Crippen molar-refractivity contribution in [3.8, 4) is 0 Å². The first kappa shape index (κ1) is 12.6. The fourth-order valence-corrected chi connectivity index (χ4v) is 0.928. The summed E-state index contributed by atoms with van der Waals surface area (Å²) in [6.07, 6.45) is 1.91. The zero-order valence-electron chi connectivity index (χ0n) is 8.56. The van der Waals surface area contributed by atoms with Crippen LogP contribution in [0, 0.1) is 11.6 Å². The molecule has 0 aliphatic carbocycles. The van der Waals surface area contributed by atoms with Crippen LogP contribution in [0.5, 0.6) is 0 Å². The molecule has 0 bridgehead atoms. The molecular weight excluding hydrogens is 232 g/mol. The molecule has 1 aromatic rings. The van der Waals surface area contributed by atoms with E-state index in [2.05, 4.69) is 9.99 Å². The Hall–Kier alpha value is -2.44. The predicted octanol–water partition coefficient (Wildman–Crippen LogP) is 0.710. The number of oxime groups is 1. The van der Waals surface area contributed by atoms with Crippen LogP contribution in [0.15, 0.2) is 29.4 Å². The summed E-state index contributed by atoms with van der Waals surface area (Å²) in [6, 6.07) is 2.83. The van der Waals surface area contributed by atoms with Gasteiger partial charge in [-0.3, -0.25) is 0 Å². The summed E-state index contributed by atoms with van der Waals surface area (Å²) in [7, 11) is 0. The van der Waals surface area contributed by atoms with Crippen LogP contribution in [-0.2, 0) is 9.63 Å². The first-order valence-electron chi connectivity index (χ1n) is 4.42. The van der Waals surface area contributed by atoms with E-state index in [4.69, 9.17) is 11.5 Å². The van der Waals surface area contributed by atoms with Crippen molar-refractivity contribution in [2.75, 3.05) is 0 Å². The van der Waals surface area contributed by atoms with Crippen LogP contribution in [0.25, 0.3) is 6.08 Å². The quantitative estimate of drug-likeness (QED) is 0.268. The average molecular weight is 241 g/mol. The number of halogens is 2. The van der Waals surface area contributed by atoms with Crippen LogP contribution in [0.1, 0.15) is 5.56 Å². The van der Waals surface area contributed by atoms with Crippen LogP contribution in [-0.4, -0.2) is 11.9 Å². The third kappa shape index (κ3) is 4.29. The maximum absolute atomic E-state index is 13.1. The Morgan fingerprint density at radius 1 is 1.35 bits per heavy atom. The number of carbonyl (C=O) groups is 1. The topological polar surface area (TPSA) is 90.7 Å². The lowest BCUT2D eigenvalue weighted by Gasteiger charge is -1.96. The second-order valence-electron chi connectivity index (χ2n) is 2.93. The van der Waals surface area contributed by atoms with Crippen molar-refractivity contribution < 1.29 is 18.4 Å². The van der Waals surface area contributed by atoms with E-state index >= 15 is 0 Å². The predicted molar refractivity (Wildman–Crippen MR) is 57.3 cm³/mol. The smallest absolute Gasteiger partial charge is 0.358 e. The Labute approximate surface area is 95.3 Å². The standard InChI is InChI=1S/C10H9F2N3O2/c11-7-2-3-8(12)6(5-7)1-4-9(16)17-15-10(13)14/h1-5H,(H4,13,14,15)/b4-1+. The second kappa shape index (κ2) is 5.59. The highest BCUT2D eigenvalue weighted by atomic mass is 19.1. The third-order valence-electron chi connectivity index (χ3n) is 1.60. The SMILES string of the molecule is NC(N)=NOC(=O)/C=C/c1cc(F)ccc1F. The van der Waals surface area contributed by atoms with Gasteiger partial charge in [-0.1, -0.05) is 0 Å². The molecule has 1 rings (SSSR count). The summed E-state index contributed by atoms with van der Waals surface area (Å²) in [4.78, 5) is 15.2. The van der Waals surface area contributed by atoms with Crippen LogP contribution in [0.3, 0.4) is 0 Å². The molecule has 0 heterocycles. The zero-order valence-corrected chi connectivity index (χ0v) is 8.56. The van der Waals surface area contributed by atoms with E-state index < -0.39 is 23.6 Å². The minimum Gasteiger partial charge on any atom is -0.367 e. The molecular formula is C10H9F2N3O2. The van der Waals surface area contributed by atoms with E-state index in [1.165, 1.54) is 0 Å². The Kier molecular flexibility index (Phi) is 4.15. The lowest BCUT2D eigenvalue weighted by molar-refractivity contribution is -0.137. The molecule has 0 radical (unpaired) electrons. The Morgan fingerprint density at radius 2 is 2.06 bits per heavy atom. The van der Waals surface area contributed by atoms with E-state index in [9.17, 15) is 13.6 Å². The highest BCUT2D eigenvalue weighted by Gasteiger charge is 2.02. The first-order chi connectivity index (χ1) is 7.99. The number of guanidine groups is 1. The molecule has 0 aliphatic rings. The number of nitrogens with two attached hydrogens (primary N) is 2. The van der Waals surface area contributed by atoms with Gasteiger partial charge < -0.3 is 16.3 Å². The number of rotatable bonds is 3. The summed E-state index contributed by atoms with van der Waals surface area (Å²) in [5.41, 5.74) is 9.73. The minimum atomic E-state index is -0.915. The van der Waals surface area contributed by atoms with Crippen molar-refractivity contribution in [1.82, 2.24) is 0 Å². The molecule has 0 fully saturated rings. The molecule has 5 nitrogen and oxygen atoms in total. The molecule has 0 saturated carbocycles. The van der Waals surface area contributed by atoms with E-state index in [1.54, 1.807) is 0 Å². The molecule has 0 aliphatic heterocycles. The van der Waals surface area contributed by atoms with Crippen molar-refractivity contribution in [2.24, 2.45) is 16.6 Å². The lowest BCUT2D eigenvalue weighted by Crippen LogP contribution is -2.23. The van der Waals surface area contributed by atoms with Crippen LogP contribution in [0.4, 0.5) is 8.78 Å². The summed E-state index contributed by atoms with van der Waals surface area (Å²) in [6.45, 7) is 0. The van der Waals surface area contributed by atoms with Gasteiger partial charge in [0.1, 0.15) is 11.6 Å². The average Bonchev–Trinajstić information content (AvgIpc) is 2.27. The van der Waals surface area contributed by atoms with E-state index in [-0.39, 0.29) is 5.56 Å². The van der Waals surface area contributed by atoms with Gasteiger partial charge in [0, 0.05) is 11.6 Å². The number of carbonyl (C=O) groups excluding carboxylic acids is 1. The Balaban J connectivity index is 2.73. The molecule has 90 valence electrons. The van der Waals surface area contributed by atoms with Crippen LogP contribution >= 0.6 is 0 Å². The van der Waals surface area contributed by atoms with Crippen molar-refractivity contribution in [2.45, 2.75) is 0 Å². The number of nitrogens with zero attached hydrogens (tertiary/aromatic N) is 1. The molecule has 1 aromatic carbocycles. The number of hydrogen-bond donors (Lipinski definition) is 2. The van der Waals surface area contributed by atoms with Gasteiger partial charge in [-0.05, 0) is 29.4 Å². The molecule has 0 saturated heterocycles. The zero-order chi connectivity index (χ0) is 12.8. The highest BCUT2D eigenvalue weighted by Crippen LogP contribution is 2.11. The van der Waals surface area contributed by atoms with Gasteiger partial charge in [0.15, 0.2) is 0 Å². The van der Waals surface area contributed by atoms with Crippen molar-refractivity contribution in [3.63, 3.8) is 0 Å². The summed E-state index contributed by atoms with van der Waals surface area (Å²) >= 11 is 0. The monoisotopic (exact) mass is 241 g/mol. The molecule has 0 spiro atoms. The third-order valence-corrected chi connectivity index (χ3v) is 1.60. The molecule has 0 aromatic heterocycles. The Morgan fingerprint density at radius 3 is 2.71 bits per heavy atom. The van der Waals surface area contributed by atoms with E-state index in [0.717, 1.165) is 30.4 Å². The van der Waals surface area contributed by atoms with Gasteiger partial charge in [0.05, 0.1) is 0 Å². The fourth-order valence-electron chi connectivity index (χ4n) is 0.928. The largest absolute Gasteiger partial charge is 0.367 e. The van der Waals surface area contributed by atoms with Gasteiger partial charge in [0.25, 0.3) is 0 Å². The molecule has 17 heavy (non-hydrogen) atoms. The number of benzene rings is 1.